The molecule has 0 saturated carbocycles. The van der Waals surface area contributed by atoms with Crippen LogP contribution >= 0.6 is 0 Å². The molecule has 1 atom stereocenters. The van der Waals surface area contributed by atoms with Gasteiger partial charge in [0, 0.05) is 17.7 Å². The fourth-order valence-corrected chi connectivity index (χ4v) is 4.22. The molecule has 10 heteroatoms. The zero-order valence-electron chi connectivity index (χ0n) is 16.4. The van der Waals surface area contributed by atoms with E-state index in [1.165, 1.54) is 6.08 Å². The Kier molecular flexibility index (Phi) is 5.31. The maximum atomic E-state index is 12.5. The number of dihydropyridines is 1. The summed E-state index contributed by atoms with van der Waals surface area (Å²) in [6.07, 6.45) is 3.06. The number of aliphatic hydroxyl groups excluding tert-OH is 1. The van der Waals surface area contributed by atoms with E-state index in [0.29, 0.717) is 22.4 Å². The highest BCUT2D eigenvalue weighted by Crippen LogP contribution is 2.28. The SMILES string of the molecule is CC1C=C(C(=O)NC(C)(C)COc2cccc3c2C(N)=NS(=O)(=O)C3)C=C(O)N1. The second-order valence-electron chi connectivity index (χ2n) is 7.70. The molecule has 0 bridgehead atoms. The van der Waals surface area contributed by atoms with Gasteiger partial charge >= 0.3 is 0 Å². The van der Waals surface area contributed by atoms with Crippen LogP contribution in [0.15, 0.2) is 46.2 Å². The summed E-state index contributed by atoms with van der Waals surface area (Å²) >= 11 is 0. The number of hydrogen-bond acceptors (Lipinski definition) is 7. The number of sulfonamides is 1. The van der Waals surface area contributed by atoms with Gasteiger partial charge in [0.15, 0.2) is 5.88 Å². The number of nitrogens with zero attached hydrogens (tertiary/aromatic N) is 1. The van der Waals surface area contributed by atoms with Gasteiger partial charge < -0.3 is 26.2 Å². The number of amides is 1. The monoisotopic (exact) mass is 420 g/mol. The molecule has 1 amide bonds. The average Bonchev–Trinajstić information content (AvgIpc) is 2.57. The van der Waals surface area contributed by atoms with E-state index in [4.69, 9.17) is 10.5 Å². The molecule has 156 valence electrons. The van der Waals surface area contributed by atoms with Crippen molar-refractivity contribution in [2.24, 2.45) is 10.1 Å². The first kappa shape index (κ1) is 20.7. The van der Waals surface area contributed by atoms with Crippen LogP contribution in [0.3, 0.4) is 0 Å². The van der Waals surface area contributed by atoms with Gasteiger partial charge in [-0.1, -0.05) is 12.1 Å². The highest BCUT2D eigenvalue weighted by Gasteiger charge is 2.28. The van der Waals surface area contributed by atoms with Crippen molar-refractivity contribution in [3.8, 4) is 5.75 Å². The van der Waals surface area contributed by atoms with E-state index < -0.39 is 15.6 Å². The molecule has 0 fully saturated rings. The van der Waals surface area contributed by atoms with Crippen LogP contribution in [0.25, 0.3) is 0 Å². The Morgan fingerprint density at radius 2 is 2.17 bits per heavy atom. The Labute approximate surface area is 169 Å². The molecular weight excluding hydrogens is 396 g/mol. The standard InChI is InChI=1S/C19H24N4O5S/c1-11-7-13(8-15(24)21-11)18(25)22-19(2,3)10-28-14-6-4-5-12-9-29(26,27)23-17(20)16(12)14/h4-8,11,21,24H,9-10H2,1-3H3,(H2,20,23)(H,22,25). The Morgan fingerprint density at radius 3 is 2.86 bits per heavy atom. The van der Waals surface area contributed by atoms with E-state index in [2.05, 4.69) is 15.0 Å². The van der Waals surface area contributed by atoms with E-state index in [0.717, 1.165) is 0 Å². The van der Waals surface area contributed by atoms with Gasteiger partial charge in [0.05, 0.1) is 16.9 Å². The first-order chi connectivity index (χ1) is 13.5. The Bertz CT molecular complexity index is 1040. The third kappa shape index (κ3) is 4.89. The zero-order valence-corrected chi connectivity index (χ0v) is 17.2. The minimum atomic E-state index is -3.63. The molecule has 0 saturated heterocycles. The lowest BCUT2D eigenvalue weighted by atomic mass is 10.0. The van der Waals surface area contributed by atoms with Crippen LogP contribution in [-0.4, -0.2) is 43.5 Å². The summed E-state index contributed by atoms with van der Waals surface area (Å²) in [5.41, 5.74) is 6.40. The third-order valence-electron chi connectivity index (χ3n) is 4.34. The van der Waals surface area contributed by atoms with Gasteiger partial charge in [-0.3, -0.25) is 4.79 Å². The van der Waals surface area contributed by atoms with Crippen molar-refractivity contribution in [3.63, 3.8) is 0 Å². The van der Waals surface area contributed by atoms with Crippen LogP contribution in [-0.2, 0) is 20.6 Å². The maximum Gasteiger partial charge on any atom is 0.259 e. The molecule has 2 aliphatic rings. The lowest BCUT2D eigenvalue weighted by Crippen LogP contribution is -2.48. The number of carbonyl (C=O) groups is 1. The van der Waals surface area contributed by atoms with E-state index in [1.807, 2.05) is 6.92 Å². The summed E-state index contributed by atoms with van der Waals surface area (Å²) < 4.78 is 33.0. The Morgan fingerprint density at radius 1 is 1.45 bits per heavy atom. The lowest BCUT2D eigenvalue weighted by Gasteiger charge is -2.28. The summed E-state index contributed by atoms with van der Waals surface area (Å²) in [6, 6.07) is 4.85. The van der Waals surface area contributed by atoms with Crippen molar-refractivity contribution < 1.29 is 23.1 Å². The van der Waals surface area contributed by atoms with E-state index >= 15 is 0 Å². The number of nitrogens with two attached hydrogens (primary N) is 1. The Balaban J connectivity index is 1.73. The van der Waals surface area contributed by atoms with E-state index in [-0.39, 0.29) is 36.0 Å². The smallest absolute Gasteiger partial charge is 0.259 e. The second-order valence-corrected chi connectivity index (χ2v) is 9.34. The first-order valence-electron chi connectivity index (χ1n) is 9.00. The number of nitrogens with one attached hydrogen (secondary N) is 2. The molecule has 1 unspecified atom stereocenters. The third-order valence-corrected chi connectivity index (χ3v) is 5.49. The molecular formula is C19H24N4O5S. The fourth-order valence-electron chi connectivity index (χ4n) is 3.13. The van der Waals surface area contributed by atoms with E-state index in [9.17, 15) is 18.3 Å². The van der Waals surface area contributed by atoms with Crippen molar-refractivity contribution in [3.05, 3.63) is 52.9 Å². The lowest BCUT2D eigenvalue weighted by molar-refractivity contribution is -0.119. The maximum absolute atomic E-state index is 12.5. The summed E-state index contributed by atoms with van der Waals surface area (Å²) in [7, 11) is -3.63. The van der Waals surface area contributed by atoms with Crippen LogP contribution in [0.2, 0.25) is 0 Å². The molecule has 2 heterocycles. The predicted octanol–water partition coefficient (Wildman–Crippen LogP) is 0.826. The number of rotatable bonds is 5. The first-order valence-corrected chi connectivity index (χ1v) is 10.6. The summed E-state index contributed by atoms with van der Waals surface area (Å²) in [5, 5.41) is 15.3. The topological polar surface area (TPSA) is 143 Å². The number of amidine groups is 1. The van der Waals surface area contributed by atoms with Gasteiger partial charge in [0.2, 0.25) is 0 Å². The van der Waals surface area contributed by atoms with Gasteiger partial charge in [0.25, 0.3) is 15.9 Å². The molecule has 1 aromatic carbocycles. The van der Waals surface area contributed by atoms with Crippen molar-refractivity contribution in [2.75, 3.05) is 6.61 Å². The van der Waals surface area contributed by atoms with Gasteiger partial charge in [-0.15, -0.1) is 4.40 Å². The summed E-state index contributed by atoms with van der Waals surface area (Å²) in [5.74, 6) is -0.372. The molecule has 0 aliphatic carbocycles. The Hall–Kier alpha value is -3.01. The van der Waals surface area contributed by atoms with Crippen LogP contribution < -0.4 is 21.1 Å². The second kappa shape index (κ2) is 7.43. The number of benzene rings is 1. The molecule has 0 spiro atoms. The van der Waals surface area contributed by atoms with Crippen molar-refractivity contribution in [1.82, 2.24) is 10.6 Å². The number of fused-ring (bicyclic) bond motifs is 1. The molecule has 1 aromatic rings. The normalized spacial score (nSPS) is 20.4. The van der Waals surface area contributed by atoms with E-state index in [1.54, 1.807) is 38.1 Å². The van der Waals surface area contributed by atoms with Gasteiger partial charge in [-0.2, -0.15) is 0 Å². The fraction of sp³-hybridized carbons (Fsp3) is 0.368. The van der Waals surface area contributed by atoms with Crippen LogP contribution in [0.1, 0.15) is 31.9 Å². The van der Waals surface area contributed by atoms with Gasteiger partial charge in [0.1, 0.15) is 18.2 Å². The number of ether oxygens (including phenoxy) is 1. The van der Waals surface area contributed by atoms with Crippen molar-refractivity contribution in [1.29, 1.82) is 0 Å². The van der Waals surface area contributed by atoms with Gasteiger partial charge in [-0.05, 0) is 38.5 Å². The largest absolute Gasteiger partial charge is 0.495 e. The minimum Gasteiger partial charge on any atom is -0.495 e. The number of carbonyl (C=O) groups excluding carboxylic acids is 1. The molecule has 3 rings (SSSR count). The van der Waals surface area contributed by atoms with Crippen molar-refractivity contribution in [2.45, 2.75) is 38.1 Å². The quantitative estimate of drug-likeness (QED) is 0.552. The molecule has 0 radical (unpaired) electrons. The highest BCUT2D eigenvalue weighted by atomic mass is 32.2. The number of hydrogen-bond donors (Lipinski definition) is 4. The van der Waals surface area contributed by atoms with Crippen LogP contribution in [0.4, 0.5) is 0 Å². The van der Waals surface area contributed by atoms with Crippen LogP contribution in [0.5, 0.6) is 5.75 Å². The van der Waals surface area contributed by atoms with Gasteiger partial charge in [-0.25, -0.2) is 8.42 Å². The molecule has 0 aromatic heterocycles. The zero-order chi connectivity index (χ0) is 21.4. The highest BCUT2D eigenvalue weighted by molar-refractivity contribution is 7.89. The average molecular weight is 420 g/mol. The summed E-state index contributed by atoms with van der Waals surface area (Å²) in [6.45, 7) is 5.50. The molecule has 29 heavy (non-hydrogen) atoms. The van der Waals surface area contributed by atoms with Crippen LogP contribution in [0, 0.1) is 0 Å². The predicted molar refractivity (Wildman–Crippen MR) is 109 cm³/mol. The minimum absolute atomic E-state index is 0.0696. The summed E-state index contributed by atoms with van der Waals surface area (Å²) in [4.78, 5) is 12.5. The molecule has 2 aliphatic heterocycles. The van der Waals surface area contributed by atoms with Crippen molar-refractivity contribution >= 4 is 21.8 Å². The number of aliphatic hydroxyl groups is 1. The molecule has 9 nitrogen and oxygen atoms in total. The molecule has 5 N–H and O–H groups in total.